The van der Waals surface area contributed by atoms with E-state index in [1.165, 1.54) is 11.8 Å². The number of para-hydroxylation sites is 2. The summed E-state index contributed by atoms with van der Waals surface area (Å²) in [6.45, 7) is 6.51. The van der Waals surface area contributed by atoms with Gasteiger partial charge in [-0.15, -0.1) is 11.8 Å². The summed E-state index contributed by atoms with van der Waals surface area (Å²) in [5, 5.41) is 3.75. The van der Waals surface area contributed by atoms with Gasteiger partial charge in [-0.1, -0.05) is 48.5 Å². The van der Waals surface area contributed by atoms with Gasteiger partial charge in [0, 0.05) is 11.7 Å². The zero-order chi connectivity index (χ0) is 22.7. The highest BCUT2D eigenvalue weighted by molar-refractivity contribution is 8.00. The molecule has 1 amide bonds. The van der Waals surface area contributed by atoms with Crippen LogP contribution < -0.4 is 15.6 Å². The van der Waals surface area contributed by atoms with Crippen molar-refractivity contribution in [3.63, 3.8) is 0 Å². The number of amides is 1. The number of carbonyl (C=O) groups excluding carboxylic acids is 1. The minimum absolute atomic E-state index is 0.0715. The molecule has 1 unspecified atom stereocenters. The van der Waals surface area contributed by atoms with E-state index in [0.29, 0.717) is 33.3 Å². The molecule has 0 saturated heterocycles. The first kappa shape index (κ1) is 22.5. The minimum Gasteiger partial charge on any atom is -0.492 e. The van der Waals surface area contributed by atoms with Crippen LogP contribution in [0.4, 0.5) is 5.69 Å². The van der Waals surface area contributed by atoms with Gasteiger partial charge in [-0.2, -0.15) is 0 Å². The van der Waals surface area contributed by atoms with E-state index in [1.54, 1.807) is 16.3 Å². The molecule has 0 spiro atoms. The van der Waals surface area contributed by atoms with E-state index >= 15 is 0 Å². The number of hydrogen-bond acceptors (Lipinski definition) is 6. The van der Waals surface area contributed by atoms with Crippen LogP contribution in [0.15, 0.2) is 63.4 Å². The van der Waals surface area contributed by atoms with Crippen molar-refractivity contribution in [1.29, 1.82) is 0 Å². The Morgan fingerprint density at radius 1 is 1.25 bits per heavy atom. The molecule has 8 heteroatoms. The fourth-order valence-electron chi connectivity index (χ4n) is 3.49. The van der Waals surface area contributed by atoms with Gasteiger partial charge in [0.25, 0.3) is 5.56 Å². The van der Waals surface area contributed by atoms with Gasteiger partial charge < -0.3 is 10.1 Å². The Bertz CT molecular complexity index is 1190. The molecule has 6 nitrogen and oxygen atoms in total. The monoisotopic (exact) mass is 467 g/mol. The largest absolute Gasteiger partial charge is 0.492 e. The number of fused-ring (bicyclic) bond motifs is 1. The fourth-order valence-corrected chi connectivity index (χ4v) is 5.41. The molecular weight excluding hydrogens is 442 g/mol. The Morgan fingerprint density at radius 3 is 2.75 bits per heavy atom. The quantitative estimate of drug-likeness (QED) is 0.401. The molecule has 166 valence electrons. The highest BCUT2D eigenvalue weighted by Gasteiger charge is 2.27. The molecule has 0 saturated carbocycles. The van der Waals surface area contributed by atoms with Crippen molar-refractivity contribution in [1.82, 2.24) is 9.55 Å². The predicted molar refractivity (Wildman–Crippen MR) is 131 cm³/mol. The molecule has 1 atom stereocenters. The summed E-state index contributed by atoms with van der Waals surface area (Å²) in [6, 6.07) is 15.1. The molecular formula is C24H25N3O3S2. The van der Waals surface area contributed by atoms with E-state index in [4.69, 9.17) is 9.72 Å². The first-order valence-corrected chi connectivity index (χ1v) is 12.4. The summed E-state index contributed by atoms with van der Waals surface area (Å²) in [5.74, 6) is 0.571. The lowest BCUT2D eigenvalue weighted by Gasteiger charge is -2.14. The summed E-state index contributed by atoms with van der Waals surface area (Å²) in [6.07, 6.45) is 0.755. The third kappa shape index (κ3) is 4.86. The van der Waals surface area contributed by atoms with Crippen molar-refractivity contribution in [2.24, 2.45) is 0 Å². The molecule has 1 N–H and O–H groups in total. The molecule has 0 radical (unpaired) electrons. The van der Waals surface area contributed by atoms with Crippen molar-refractivity contribution in [2.75, 3.05) is 17.7 Å². The number of rotatable bonds is 7. The lowest BCUT2D eigenvalue weighted by Crippen LogP contribution is -2.24. The van der Waals surface area contributed by atoms with Gasteiger partial charge in [0.15, 0.2) is 5.16 Å². The van der Waals surface area contributed by atoms with Gasteiger partial charge >= 0.3 is 0 Å². The smallest absolute Gasteiger partial charge is 0.272 e. The number of thioether (sulfide) groups is 2. The Balaban J connectivity index is 1.60. The number of aryl methyl sites for hydroxylation is 1. The van der Waals surface area contributed by atoms with Crippen LogP contribution in [0, 0.1) is 6.92 Å². The predicted octanol–water partition coefficient (Wildman–Crippen LogP) is 4.71. The van der Waals surface area contributed by atoms with Crippen LogP contribution in [0.25, 0.3) is 5.69 Å². The highest BCUT2D eigenvalue weighted by Crippen LogP contribution is 2.35. The first-order valence-electron chi connectivity index (χ1n) is 10.5. The van der Waals surface area contributed by atoms with Crippen LogP contribution in [0.5, 0.6) is 5.75 Å². The number of anilines is 1. The molecule has 0 bridgehead atoms. The standard InChI is InChI=1S/C24H25N3O3S2/c1-4-30-20-8-6-5-7-18(20)25-21(28)14-31-24-26-19-13-16(3)32-22(19)23(29)27(24)17-11-9-15(2)10-12-17/h5-12,16H,4,13-14H2,1-3H3,(H,25,28). The van der Waals surface area contributed by atoms with Gasteiger partial charge in [0.2, 0.25) is 5.91 Å². The Morgan fingerprint density at radius 2 is 2.00 bits per heavy atom. The molecule has 1 aromatic heterocycles. The number of aromatic nitrogens is 2. The SMILES string of the molecule is CCOc1ccccc1NC(=O)CSc1nc2c(c(=O)n1-c1ccc(C)cc1)SC(C)C2. The second-order valence-electron chi connectivity index (χ2n) is 7.54. The number of ether oxygens (including phenoxy) is 1. The Labute approximate surface area is 195 Å². The third-order valence-electron chi connectivity index (χ3n) is 4.97. The van der Waals surface area contributed by atoms with E-state index < -0.39 is 0 Å². The summed E-state index contributed by atoms with van der Waals surface area (Å²) < 4.78 is 7.20. The lowest BCUT2D eigenvalue weighted by molar-refractivity contribution is -0.113. The second-order valence-corrected chi connectivity index (χ2v) is 9.94. The lowest BCUT2D eigenvalue weighted by atomic mass is 10.2. The Hall–Kier alpha value is -2.71. The summed E-state index contributed by atoms with van der Waals surface area (Å²) in [7, 11) is 0. The van der Waals surface area contributed by atoms with E-state index in [9.17, 15) is 9.59 Å². The van der Waals surface area contributed by atoms with Crippen molar-refractivity contribution < 1.29 is 9.53 Å². The summed E-state index contributed by atoms with van der Waals surface area (Å²) >= 11 is 2.84. The van der Waals surface area contributed by atoms with Crippen LogP contribution in [0.2, 0.25) is 0 Å². The molecule has 3 aromatic rings. The van der Waals surface area contributed by atoms with E-state index in [1.807, 2.05) is 62.4 Å². The van der Waals surface area contributed by atoms with Gasteiger partial charge in [0.05, 0.1) is 34.3 Å². The van der Waals surface area contributed by atoms with Crippen LogP contribution in [0.1, 0.15) is 25.1 Å². The molecule has 1 aliphatic rings. The van der Waals surface area contributed by atoms with Crippen molar-refractivity contribution in [3.05, 3.63) is 70.1 Å². The number of benzene rings is 2. The topological polar surface area (TPSA) is 73.2 Å². The average Bonchev–Trinajstić information content (AvgIpc) is 3.15. The minimum atomic E-state index is -0.185. The number of hydrogen-bond donors (Lipinski definition) is 1. The first-order chi connectivity index (χ1) is 15.5. The average molecular weight is 468 g/mol. The van der Waals surface area contributed by atoms with E-state index in [2.05, 4.69) is 12.2 Å². The van der Waals surface area contributed by atoms with Gasteiger partial charge in [-0.05, 0) is 38.1 Å². The van der Waals surface area contributed by atoms with Gasteiger partial charge in [-0.25, -0.2) is 4.98 Å². The Kier molecular flexibility index (Phi) is 6.91. The van der Waals surface area contributed by atoms with Crippen molar-refractivity contribution in [2.45, 2.75) is 42.5 Å². The zero-order valence-electron chi connectivity index (χ0n) is 18.3. The molecule has 2 aromatic carbocycles. The van der Waals surface area contributed by atoms with E-state index in [-0.39, 0.29) is 17.2 Å². The maximum Gasteiger partial charge on any atom is 0.272 e. The zero-order valence-corrected chi connectivity index (χ0v) is 19.9. The van der Waals surface area contributed by atoms with Crippen LogP contribution in [-0.2, 0) is 11.2 Å². The van der Waals surface area contributed by atoms with Gasteiger partial charge in [0.1, 0.15) is 5.75 Å². The molecule has 32 heavy (non-hydrogen) atoms. The van der Waals surface area contributed by atoms with E-state index in [0.717, 1.165) is 23.4 Å². The number of nitrogens with one attached hydrogen (secondary N) is 1. The normalized spacial score (nSPS) is 14.8. The maximum atomic E-state index is 13.3. The molecule has 0 aliphatic carbocycles. The third-order valence-corrected chi connectivity index (χ3v) is 7.12. The molecule has 4 rings (SSSR count). The second kappa shape index (κ2) is 9.83. The fraction of sp³-hybridized carbons (Fsp3) is 0.292. The van der Waals surface area contributed by atoms with Crippen LogP contribution in [0.3, 0.4) is 0 Å². The van der Waals surface area contributed by atoms with Crippen LogP contribution in [-0.4, -0.2) is 33.1 Å². The van der Waals surface area contributed by atoms with Crippen LogP contribution >= 0.6 is 23.5 Å². The van der Waals surface area contributed by atoms with Crippen molar-refractivity contribution in [3.8, 4) is 11.4 Å². The number of carbonyl (C=O) groups is 1. The molecule has 0 fully saturated rings. The number of nitrogens with zero attached hydrogens (tertiary/aromatic N) is 2. The molecule has 2 heterocycles. The van der Waals surface area contributed by atoms with Crippen molar-refractivity contribution >= 4 is 35.1 Å². The highest BCUT2D eigenvalue weighted by atomic mass is 32.2. The molecule has 1 aliphatic heterocycles. The van der Waals surface area contributed by atoms with Gasteiger partial charge in [-0.3, -0.25) is 14.2 Å². The summed E-state index contributed by atoms with van der Waals surface area (Å²) in [4.78, 5) is 31.5. The summed E-state index contributed by atoms with van der Waals surface area (Å²) in [5.41, 5.74) is 3.24. The maximum absolute atomic E-state index is 13.3.